The topological polar surface area (TPSA) is 202 Å². The van der Waals surface area contributed by atoms with Gasteiger partial charge in [0.2, 0.25) is 11.8 Å². The van der Waals surface area contributed by atoms with Gasteiger partial charge in [0.15, 0.2) is 5.78 Å². The molecule has 11 nitrogen and oxygen atoms in total. The normalized spacial score (nSPS) is 15.2. The molecule has 2 aromatic rings. The van der Waals surface area contributed by atoms with Gasteiger partial charge in [-0.15, -0.1) is 0 Å². The van der Waals surface area contributed by atoms with Crippen LogP contribution in [0.25, 0.3) is 6.08 Å². The first-order valence-electron chi connectivity index (χ1n) is 14.0. The Bertz CT molecular complexity index is 1330. The summed E-state index contributed by atoms with van der Waals surface area (Å²) < 4.78 is 29.6. The first-order valence-corrected chi connectivity index (χ1v) is 15.5. The molecule has 0 aliphatic rings. The Kier molecular flexibility index (Phi) is 14.9. The van der Waals surface area contributed by atoms with Gasteiger partial charge >= 0.3 is 0 Å². The molecule has 4 atom stereocenters. The molecule has 0 aliphatic carbocycles. The van der Waals surface area contributed by atoms with Crippen LogP contribution in [0, 0.1) is 36.0 Å². The third-order valence-corrected chi connectivity index (χ3v) is 7.73. The fourth-order valence-electron chi connectivity index (χ4n) is 5.11. The molecule has 0 fully saturated rings. The van der Waals surface area contributed by atoms with Gasteiger partial charge in [-0.2, -0.15) is 8.42 Å². The second-order valence-corrected chi connectivity index (χ2v) is 12.9. The first kappa shape index (κ1) is 37.6. The Hall–Kier alpha value is -3.42. The van der Waals surface area contributed by atoms with Crippen LogP contribution in [0.4, 0.5) is 0 Å². The number of benzene rings is 2. The number of hydroxylamine groups is 1. The summed E-state index contributed by atoms with van der Waals surface area (Å²) in [6.07, 6.45) is 3.96. The molecule has 0 saturated carbocycles. The van der Waals surface area contributed by atoms with Gasteiger partial charge in [-0.3, -0.25) is 29.6 Å². The van der Waals surface area contributed by atoms with Gasteiger partial charge in [0.25, 0.3) is 10.1 Å². The number of nitrogens with one attached hydrogen (secondary N) is 2. The number of hydrogen-bond donors (Lipinski definition) is 6. The highest BCUT2D eigenvalue weighted by Crippen LogP contribution is 2.45. The van der Waals surface area contributed by atoms with Crippen molar-refractivity contribution < 1.29 is 32.6 Å². The van der Waals surface area contributed by atoms with Crippen molar-refractivity contribution >= 4 is 33.8 Å². The summed E-state index contributed by atoms with van der Waals surface area (Å²) in [5, 5.41) is 9.62. The summed E-state index contributed by atoms with van der Waals surface area (Å²) in [6, 6.07) is 14.4. The molecular formula is C31H46N4O7S. The molecule has 2 amide bonds. The molecule has 0 saturated heterocycles. The summed E-state index contributed by atoms with van der Waals surface area (Å²) >= 11 is 0. The van der Waals surface area contributed by atoms with E-state index in [0.717, 1.165) is 11.1 Å². The number of carbonyl (C=O) groups is 3. The van der Waals surface area contributed by atoms with Crippen LogP contribution < -0.4 is 22.5 Å². The predicted octanol–water partition coefficient (Wildman–Crippen LogP) is 3.66. The fourth-order valence-corrected chi connectivity index (χ4v) is 5.59. The molecule has 0 spiro atoms. The van der Waals surface area contributed by atoms with E-state index in [0.29, 0.717) is 0 Å². The van der Waals surface area contributed by atoms with Crippen LogP contribution in [0.3, 0.4) is 0 Å². The Morgan fingerprint density at radius 3 is 1.91 bits per heavy atom. The van der Waals surface area contributed by atoms with Crippen molar-refractivity contribution in [3.8, 4) is 0 Å². The van der Waals surface area contributed by atoms with E-state index in [4.69, 9.17) is 16.1 Å². The lowest BCUT2D eigenvalue weighted by atomic mass is 9.60. The zero-order chi connectivity index (χ0) is 33.0. The number of ketones is 1. The summed E-state index contributed by atoms with van der Waals surface area (Å²) in [7, 11) is -4.02. The Morgan fingerprint density at radius 2 is 1.49 bits per heavy atom. The van der Waals surface area contributed by atoms with Crippen LogP contribution in [-0.4, -0.2) is 41.8 Å². The predicted molar refractivity (Wildman–Crippen MR) is 166 cm³/mol. The summed E-state index contributed by atoms with van der Waals surface area (Å²) in [6.45, 7) is 11.1. The largest absolute Gasteiger partial charge is 0.322 e. The van der Waals surface area contributed by atoms with E-state index >= 15 is 0 Å². The number of amides is 2. The van der Waals surface area contributed by atoms with E-state index in [2.05, 4.69) is 5.43 Å². The van der Waals surface area contributed by atoms with E-state index < -0.39 is 45.2 Å². The molecule has 0 aromatic heterocycles. The maximum Gasteiger partial charge on any atom is 0.294 e. The standard InChI is InChI=1S/C24H38N4O4.C7H8O3S/c1-15(2)13-19(22(30)27-26)20(23(31)28-32)24(14-16(3)4,21(29)17(5)25)12-11-18-9-7-6-8-10-18;1-6-2-4-7(5-3-6)11(8,9)10/h6-12,15-17,19-20,32H,13-14,25-26H2,1-5H3,(H,27,30)(H,28,31);2-5H,1H3,(H,8,9,10)/b12-11+;/t17-,19-,20-,24?;/m1./s1. The minimum atomic E-state index is -4.02. The van der Waals surface area contributed by atoms with E-state index in [9.17, 15) is 28.0 Å². The van der Waals surface area contributed by atoms with E-state index in [1.54, 1.807) is 36.7 Å². The maximum atomic E-state index is 13.7. The minimum Gasteiger partial charge on any atom is -0.322 e. The smallest absolute Gasteiger partial charge is 0.294 e. The molecule has 12 heteroatoms. The van der Waals surface area contributed by atoms with Crippen molar-refractivity contribution in [3.63, 3.8) is 0 Å². The first-order chi connectivity index (χ1) is 20.0. The number of Topliss-reactive ketones (excluding diaryl/α,β-unsaturated/α-hetero) is 1. The fraction of sp³-hybridized carbons (Fsp3) is 0.452. The van der Waals surface area contributed by atoms with Gasteiger partial charge in [-0.05, 0) is 56.2 Å². The lowest BCUT2D eigenvalue weighted by Gasteiger charge is -2.42. The van der Waals surface area contributed by atoms with Gasteiger partial charge in [0.1, 0.15) is 0 Å². The second-order valence-electron chi connectivity index (χ2n) is 11.5. The number of aryl methyl sites for hydroxylation is 1. The molecule has 43 heavy (non-hydrogen) atoms. The van der Waals surface area contributed by atoms with Gasteiger partial charge in [-0.1, -0.05) is 87.9 Å². The molecular weight excluding hydrogens is 572 g/mol. The molecule has 238 valence electrons. The number of allylic oxidation sites excluding steroid dienone is 1. The van der Waals surface area contributed by atoms with Crippen molar-refractivity contribution in [3.05, 3.63) is 71.8 Å². The van der Waals surface area contributed by atoms with Crippen LogP contribution in [0.5, 0.6) is 0 Å². The third-order valence-electron chi connectivity index (χ3n) is 6.86. The summed E-state index contributed by atoms with van der Waals surface area (Å²) in [5.74, 6) is 1.48. The Morgan fingerprint density at radius 1 is 0.930 bits per heavy atom. The second kappa shape index (κ2) is 17.0. The molecule has 2 aromatic carbocycles. The SMILES string of the molecule is CC(C)C[C@@H](C(=O)NN)[C@H](C(=O)NO)C(/C=C/c1ccccc1)(CC(C)C)C(=O)[C@@H](C)N.Cc1ccc(S(=O)(=O)O)cc1. The van der Waals surface area contributed by atoms with E-state index in [1.165, 1.54) is 12.1 Å². The van der Waals surface area contributed by atoms with Crippen LogP contribution in [0.15, 0.2) is 65.6 Å². The quantitative estimate of drug-likeness (QED) is 0.0637. The Balaban J connectivity index is 0.000000699. The van der Waals surface area contributed by atoms with Gasteiger partial charge < -0.3 is 5.73 Å². The number of hydrazine groups is 1. The van der Waals surface area contributed by atoms with Crippen LogP contribution >= 0.6 is 0 Å². The number of nitrogens with two attached hydrogens (primary N) is 2. The number of carbonyl (C=O) groups excluding carboxylic acids is 3. The van der Waals surface area contributed by atoms with Gasteiger partial charge in [-0.25, -0.2) is 11.3 Å². The molecule has 2 rings (SSSR count). The number of rotatable bonds is 13. The summed E-state index contributed by atoms with van der Waals surface area (Å²) in [5.41, 5.74) is 10.2. The van der Waals surface area contributed by atoms with Crippen molar-refractivity contribution in [2.45, 2.75) is 65.3 Å². The third kappa shape index (κ3) is 11.3. The van der Waals surface area contributed by atoms with Crippen molar-refractivity contribution in [1.82, 2.24) is 10.9 Å². The van der Waals surface area contributed by atoms with Crippen molar-refractivity contribution in [2.75, 3.05) is 0 Å². The van der Waals surface area contributed by atoms with Crippen LogP contribution in [-0.2, 0) is 24.5 Å². The van der Waals surface area contributed by atoms with Crippen molar-refractivity contribution in [1.29, 1.82) is 0 Å². The average Bonchev–Trinajstić information content (AvgIpc) is 2.94. The van der Waals surface area contributed by atoms with Gasteiger partial charge in [0, 0.05) is 0 Å². The zero-order valence-electron chi connectivity index (χ0n) is 25.7. The minimum absolute atomic E-state index is 0.0200. The summed E-state index contributed by atoms with van der Waals surface area (Å²) in [4.78, 5) is 39.6. The van der Waals surface area contributed by atoms with Crippen LogP contribution in [0.2, 0.25) is 0 Å². The highest BCUT2D eigenvalue weighted by atomic mass is 32.2. The molecule has 0 aliphatic heterocycles. The zero-order valence-corrected chi connectivity index (χ0v) is 26.5. The highest BCUT2D eigenvalue weighted by Gasteiger charge is 2.53. The average molecular weight is 619 g/mol. The molecule has 0 bridgehead atoms. The van der Waals surface area contributed by atoms with Crippen molar-refractivity contribution in [2.24, 2.45) is 40.7 Å². The lowest BCUT2D eigenvalue weighted by Crippen LogP contribution is -2.56. The van der Waals surface area contributed by atoms with E-state index in [-0.39, 0.29) is 35.4 Å². The molecule has 0 heterocycles. The molecule has 0 radical (unpaired) electrons. The Labute approximate surface area is 254 Å². The van der Waals surface area contributed by atoms with E-state index in [1.807, 2.05) is 65.0 Å². The number of hydrogen-bond acceptors (Lipinski definition) is 8. The maximum absolute atomic E-state index is 13.7. The lowest BCUT2D eigenvalue weighted by molar-refractivity contribution is -0.151. The highest BCUT2D eigenvalue weighted by molar-refractivity contribution is 7.85. The monoisotopic (exact) mass is 618 g/mol. The molecule has 1 unspecified atom stereocenters. The van der Waals surface area contributed by atoms with Gasteiger partial charge in [0.05, 0.1) is 28.2 Å². The molecule has 8 N–H and O–H groups in total. The van der Waals surface area contributed by atoms with Crippen LogP contribution in [0.1, 0.15) is 58.6 Å².